The van der Waals surface area contributed by atoms with E-state index in [-0.39, 0.29) is 18.3 Å². The predicted molar refractivity (Wildman–Crippen MR) is 111 cm³/mol. The molecule has 2 N–H and O–H groups in total. The second-order valence-electron chi connectivity index (χ2n) is 7.31. The molecule has 7 nitrogen and oxygen atoms in total. The van der Waals surface area contributed by atoms with Crippen molar-refractivity contribution in [1.29, 1.82) is 0 Å². The number of anilines is 1. The van der Waals surface area contributed by atoms with Crippen LogP contribution in [0.25, 0.3) is 0 Å². The molecule has 1 heterocycles. The van der Waals surface area contributed by atoms with Crippen LogP contribution < -0.4 is 15.4 Å². The number of carbonyl (C=O) groups is 2. The first-order valence-electron chi connectivity index (χ1n) is 10.0. The Morgan fingerprint density at radius 1 is 1.03 bits per heavy atom. The monoisotopic (exact) mass is 451 g/mol. The first-order valence-corrected chi connectivity index (χ1v) is 10.0. The van der Waals surface area contributed by atoms with Gasteiger partial charge in [0.2, 0.25) is 0 Å². The van der Waals surface area contributed by atoms with Crippen molar-refractivity contribution in [3.8, 4) is 5.75 Å². The maximum atomic E-state index is 12.3. The number of hydrogen-bond donors (Lipinski definition) is 2. The molecule has 0 radical (unpaired) electrons. The van der Waals surface area contributed by atoms with Gasteiger partial charge in [-0.3, -0.25) is 14.5 Å². The van der Waals surface area contributed by atoms with Gasteiger partial charge in [0.05, 0.1) is 19.3 Å². The van der Waals surface area contributed by atoms with Gasteiger partial charge in [0.15, 0.2) is 0 Å². The van der Waals surface area contributed by atoms with E-state index in [2.05, 4.69) is 20.3 Å². The Balaban J connectivity index is 1.59. The van der Waals surface area contributed by atoms with Crippen LogP contribution in [0.2, 0.25) is 0 Å². The van der Waals surface area contributed by atoms with Crippen LogP contribution in [0.1, 0.15) is 17.2 Å². The van der Waals surface area contributed by atoms with Crippen LogP contribution in [0.5, 0.6) is 5.75 Å². The summed E-state index contributed by atoms with van der Waals surface area (Å²) in [6.07, 6.45) is -4.81. The summed E-state index contributed by atoms with van der Waals surface area (Å²) < 4.78 is 45.9. The maximum absolute atomic E-state index is 12.3. The number of alkyl halides is 3. The van der Waals surface area contributed by atoms with E-state index < -0.39 is 23.9 Å². The van der Waals surface area contributed by atoms with Crippen molar-refractivity contribution >= 4 is 17.5 Å². The number of morpholine rings is 1. The molecule has 2 amide bonds. The van der Waals surface area contributed by atoms with Gasteiger partial charge in [-0.25, -0.2) is 0 Å². The highest BCUT2D eigenvalue weighted by Gasteiger charge is 2.31. The summed E-state index contributed by atoms with van der Waals surface area (Å²) in [4.78, 5) is 26.7. The van der Waals surface area contributed by atoms with Crippen molar-refractivity contribution in [1.82, 2.24) is 10.2 Å². The average molecular weight is 451 g/mol. The molecule has 1 unspecified atom stereocenters. The van der Waals surface area contributed by atoms with E-state index in [1.807, 2.05) is 31.2 Å². The number of nitrogens with one attached hydrogen (secondary N) is 2. The van der Waals surface area contributed by atoms with Crippen LogP contribution in [0, 0.1) is 6.92 Å². The van der Waals surface area contributed by atoms with E-state index >= 15 is 0 Å². The minimum Gasteiger partial charge on any atom is -0.406 e. The van der Waals surface area contributed by atoms with Crippen molar-refractivity contribution < 1.29 is 32.2 Å². The van der Waals surface area contributed by atoms with Gasteiger partial charge in [-0.1, -0.05) is 29.8 Å². The van der Waals surface area contributed by atoms with Crippen LogP contribution in [-0.4, -0.2) is 55.9 Å². The highest BCUT2D eigenvalue weighted by molar-refractivity contribution is 6.39. The molecule has 0 aromatic heterocycles. The summed E-state index contributed by atoms with van der Waals surface area (Å²) in [5.41, 5.74) is 2.30. The molecule has 32 heavy (non-hydrogen) atoms. The van der Waals surface area contributed by atoms with Crippen LogP contribution in [-0.2, 0) is 14.3 Å². The minimum absolute atomic E-state index is 0.130. The highest BCUT2D eigenvalue weighted by Crippen LogP contribution is 2.24. The summed E-state index contributed by atoms with van der Waals surface area (Å²) in [5.74, 6) is -2.18. The molecule has 1 fully saturated rings. The van der Waals surface area contributed by atoms with E-state index in [1.165, 1.54) is 12.1 Å². The quantitative estimate of drug-likeness (QED) is 0.660. The molecule has 0 aliphatic carbocycles. The Morgan fingerprint density at radius 3 is 2.25 bits per heavy atom. The zero-order chi connectivity index (χ0) is 23.1. The van der Waals surface area contributed by atoms with E-state index in [9.17, 15) is 22.8 Å². The molecule has 10 heteroatoms. The van der Waals surface area contributed by atoms with E-state index in [0.29, 0.717) is 26.3 Å². The van der Waals surface area contributed by atoms with Crippen LogP contribution in [0.15, 0.2) is 48.5 Å². The van der Waals surface area contributed by atoms with Crippen molar-refractivity contribution in [2.45, 2.75) is 19.3 Å². The lowest BCUT2D eigenvalue weighted by Crippen LogP contribution is -2.45. The zero-order valence-electron chi connectivity index (χ0n) is 17.4. The van der Waals surface area contributed by atoms with E-state index in [0.717, 1.165) is 23.3 Å². The zero-order valence-corrected chi connectivity index (χ0v) is 17.4. The van der Waals surface area contributed by atoms with Crippen LogP contribution in [0.4, 0.5) is 18.9 Å². The molecule has 1 aliphatic heterocycles. The third kappa shape index (κ3) is 6.96. The average Bonchev–Trinajstić information content (AvgIpc) is 2.76. The molecule has 172 valence electrons. The number of carbonyl (C=O) groups excluding carboxylic acids is 2. The van der Waals surface area contributed by atoms with Gasteiger partial charge < -0.3 is 20.1 Å². The summed E-state index contributed by atoms with van der Waals surface area (Å²) >= 11 is 0. The van der Waals surface area contributed by atoms with Gasteiger partial charge in [-0.2, -0.15) is 0 Å². The summed E-state index contributed by atoms with van der Waals surface area (Å²) in [7, 11) is 0. The standard InChI is InChI=1S/C22H24F3N3O4/c1-15-2-4-16(5-3-15)19(28-10-12-31-13-11-28)14-26-20(29)21(30)27-17-6-8-18(9-7-17)32-22(23,24)25/h2-9,19H,10-14H2,1H3,(H,26,29)(H,27,30). The Labute approximate surface area is 183 Å². The number of halogens is 3. The Hall–Kier alpha value is -3.11. The second kappa shape index (κ2) is 10.5. The fourth-order valence-electron chi connectivity index (χ4n) is 3.33. The number of amides is 2. The number of benzene rings is 2. The molecule has 2 aromatic carbocycles. The van der Waals surface area contributed by atoms with Crippen molar-refractivity contribution in [3.63, 3.8) is 0 Å². The minimum atomic E-state index is -4.81. The van der Waals surface area contributed by atoms with Crippen LogP contribution in [0.3, 0.4) is 0 Å². The van der Waals surface area contributed by atoms with E-state index in [1.54, 1.807) is 0 Å². The smallest absolute Gasteiger partial charge is 0.406 e. The van der Waals surface area contributed by atoms with Gasteiger partial charge in [0.1, 0.15) is 5.75 Å². The molecule has 1 atom stereocenters. The van der Waals surface area contributed by atoms with Gasteiger partial charge in [-0.15, -0.1) is 13.2 Å². The maximum Gasteiger partial charge on any atom is 0.573 e. The predicted octanol–water partition coefficient (Wildman–Crippen LogP) is 3.02. The molecular formula is C22H24F3N3O4. The lowest BCUT2D eigenvalue weighted by molar-refractivity contribution is -0.274. The number of nitrogens with zero attached hydrogens (tertiary/aromatic N) is 1. The van der Waals surface area contributed by atoms with Crippen molar-refractivity contribution in [3.05, 3.63) is 59.7 Å². The Morgan fingerprint density at radius 2 is 1.66 bits per heavy atom. The van der Waals surface area contributed by atoms with Gasteiger partial charge in [0, 0.05) is 25.3 Å². The van der Waals surface area contributed by atoms with Crippen LogP contribution >= 0.6 is 0 Å². The first-order chi connectivity index (χ1) is 15.2. The molecule has 3 rings (SSSR count). The molecule has 2 aromatic rings. The highest BCUT2D eigenvalue weighted by atomic mass is 19.4. The number of rotatable bonds is 6. The number of hydrogen-bond acceptors (Lipinski definition) is 5. The molecule has 1 saturated heterocycles. The van der Waals surface area contributed by atoms with Gasteiger partial charge in [0.25, 0.3) is 0 Å². The SMILES string of the molecule is Cc1ccc(C(CNC(=O)C(=O)Nc2ccc(OC(F)(F)F)cc2)N2CCOCC2)cc1. The summed E-state index contributed by atoms with van der Waals surface area (Å²) in [6.45, 7) is 4.78. The molecule has 0 bridgehead atoms. The van der Waals surface area contributed by atoms with Crippen molar-refractivity contribution in [2.24, 2.45) is 0 Å². The summed E-state index contributed by atoms with van der Waals surface area (Å²) in [5, 5.41) is 5.01. The normalized spacial score (nSPS) is 15.6. The molecule has 0 spiro atoms. The lowest BCUT2D eigenvalue weighted by atomic mass is 10.0. The topological polar surface area (TPSA) is 79.9 Å². The van der Waals surface area contributed by atoms with E-state index in [4.69, 9.17) is 4.74 Å². The third-order valence-electron chi connectivity index (χ3n) is 4.96. The fourth-order valence-corrected chi connectivity index (χ4v) is 3.33. The third-order valence-corrected chi connectivity index (χ3v) is 4.96. The molecular weight excluding hydrogens is 427 g/mol. The Bertz CT molecular complexity index is 912. The second-order valence-corrected chi connectivity index (χ2v) is 7.31. The Kier molecular flexibility index (Phi) is 7.70. The molecule has 0 saturated carbocycles. The number of ether oxygens (including phenoxy) is 2. The fraction of sp³-hybridized carbons (Fsp3) is 0.364. The largest absolute Gasteiger partial charge is 0.573 e. The van der Waals surface area contributed by atoms with Gasteiger partial charge >= 0.3 is 18.2 Å². The molecule has 1 aliphatic rings. The summed E-state index contributed by atoms with van der Waals surface area (Å²) in [6, 6.07) is 12.4. The lowest BCUT2D eigenvalue weighted by Gasteiger charge is -2.35. The first kappa shape index (κ1) is 23.6. The number of aryl methyl sites for hydroxylation is 1. The van der Waals surface area contributed by atoms with Gasteiger partial charge in [-0.05, 0) is 36.8 Å². The van der Waals surface area contributed by atoms with Crippen molar-refractivity contribution in [2.75, 3.05) is 38.2 Å².